The van der Waals surface area contributed by atoms with E-state index in [-0.39, 0.29) is 0 Å². The highest BCUT2D eigenvalue weighted by atomic mass is 32.1. The minimum atomic E-state index is 0.913. The average Bonchev–Trinajstić information content (AvgIpc) is 1.54. The van der Waals surface area contributed by atoms with E-state index < -0.39 is 0 Å². The van der Waals surface area contributed by atoms with Gasteiger partial charge in [-0.15, -0.1) is 34.0 Å². The molecule has 15 heteroatoms. The highest BCUT2D eigenvalue weighted by Gasteiger charge is 2.30. The van der Waals surface area contributed by atoms with Gasteiger partial charge in [-0.25, -0.2) is 15.0 Å². The van der Waals surface area contributed by atoms with Crippen LogP contribution in [0.5, 0.6) is 0 Å². The molecule has 672 valence electrons. The summed E-state index contributed by atoms with van der Waals surface area (Å²) in [6.45, 7) is 0. The zero-order valence-electron chi connectivity index (χ0n) is 77.1. The Kier molecular flexibility index (Phi) is 17.6. The first-order valence-electron chi connectivity index (χ1n) is 48.7. The van der Waals surface area contributed by atoms with Crippen molar-refractivity contribution >= 4 is 259 Å². The number of benzene rings is 18. The molecule has 0 N–H and O–H groups in total. The van der Waals surface area contributed by atoms with Gasteiger partial charge in [0.25, 0.3) is 0 Å². The van der Waals surface area contributed by atoms with Gasteiger partial charge in [0.2, 0.25) is 0 Å². The maximum absolute atomic E-state index is 5.51. The Morgan fingerprint density at radius 3 is 0.715 bits per heavy atom. The molecule has 18 aromatic carbocycles. The molecule has 0 spiro atoms. The summed E-state index contributed by atoms with van der Waals surface area (Å²) in [5.41, 5.74) is 26.6. The van der Waals surface area contributed by atoms with Crippen molar-refractivity contribution in [3.8, 4) is 51.6 Å². The average molecular weight is 1890 g/mol. The maximum Gasteiger partial charge on any atom is 0.139 e. The molecular weight excluding hydrogens is 1810 g/mol. The molecule has 15 heterocycles. The van der Waals surface area contributed by atoms with Crippen LogP contribution in [0.2, 0.25) is 0 Å². The normalized spacial score (nSPS) is 12.2. The quantitative estimate of drug-likeness (QED) is 0.144. The van der Waals surface area contributed by atoms with Gasteiger partial charge in [0.05, 0.1) is 91.3 Å². The van der Waals surface area contributed by atoms with E-state index in [1.165, 1.54) is 191 Å². The first-order chi connectivity index (χ1) is 71.5. The van der Waals surface area contributed by atoms with Crippen LogP contribution in [0.1, 0.15) is 0 Å². The van der Waals surface area contributed by atoms with Crippen LogP contribution in [0.3, 0.4) is 0 Å². The Labute approximate surface area is 833 Å². The molecule has 33 rings (SSSR count). The fraction of sp³-hybridized carbons (Fsp3) is 0. The largest absolute Gasteiger partial charge is 0.309 e. The summed E-state index contributed by atoms with van der Waals surface area (Å²) in [5.74, 6) is 2.76. The van der Waals surface area contributed by atoms with Crippen LogP contribution >= 0.6 is 34.0 Å². The number of nitrogens with zero attached hydrogens (tertiary/aromatic N) is 12. The van der Waals surface area contributed by atoms with Gasteiger partial charge in [-0.2, -0.15) is 0 Å². The first-order valence-corrected chi connectivity index (χ1v) is 51.1. The lowest BCUT2D eigenvalue weighted by atomic mass is 10.1. The van der Waals surface area contributed by atoms with Crippen LogP contribution in [-0.4, -0.2) is 56.1 Å². The van der Waals surface area contributed by atoms with E-state index in [2.05, 4.69) is 514 Å². The van der Waals surface area contributed by atoms with Gasteiger partial charge >= 0.3 is 0 Å². The Bertz CT molecular complexity index is 10000. The fourth-order valence-corrected chi connectivity index (χ4v) is 26.7. The van der Waals surface area contributed by atoms with E-state index in [1.54, 1.807) is 34.0 Å². The van der Waals surface area contributed by atoms with Crippen molar-refractivity contribution in [1.82, 2.24) is 56.1 Å². The second-order valence-corrected chi connectivity index (χ2v) is 40.5. The molecule has 33 aromatic rings. The number of fused-ring (bicyclic) bond motifs is 33. The summed E-state index contributed by atoms with van der Waals surface area (Å²) in [5, 5.41) is 23.6. The third-order valence-corrected chi connectivity index (χ3v) is 32.9. The van der Waals surface area contributed by atoms with E-state index in [0.717, 1.165) is 84.9 Å². The molecule has 144 heavy (non-hydrogen) atoms. The monoisotopic (exact) mass is 1890 g/mol. The van der Waals surface area contributed by atoms with Crippen LogP contribution in [0.25, 0.3) is 276 Å². The molecule has 0 amide bonds. The second-order valence-electron chi connectivity index (χ2n) is 37.2. The molecule has 0 radical (unpaired) electrons. The first kappa shape index (κ1) is 80.4. The molecular formula is C129H78N12S3. The molecule has 0 saturated heterocycles. The molecule has 0 aliphatic rings. The van der Waals surface area contributed by atoms with Gasteiger partial charge in [-0.1, -0.05) is 273 Å². The Morgan fingerprint density at radius 2 is 0.375 bits per heavy atom. The number of pyridine rings is 3. The Morgan fingerprint density at radius 1 is 0.146 bits per heavy atom. The standard InChI is InChI=1S/3C43H26N4S/c1-2-12-27(13-3-1)46-37-20-10-6-16-31(37)42-32-17-7-11-21-38(32)47(43(42)46)41-25-34-33-24-28(22-23-39(33)48-40(34)26-44-41)45-35-18-8-4-14-29(35)30-15-5-9-19-36(30)45;1-2-12-27(13-3-1)46-36-20-10-6-16-31(36)41-32-17-7-11-21-37(32)47(43(41)46)40-25-24-39-42(44-40)33-26-28(22-23-38(33)48-39)45-34-18-8-4-14-29(34)30-15-5-9-19-35(30)45;1-2-12-27(13-3-1)45-36-20-10-6-16-31(36)41-32-17-7-11-21-37(32)46(43(41)45)28-22-23-38-33(26-28)42-39(48-38)24-25-40(44-42)47-34-18-8-4-14-29(34)30-15-5-9-19-35(30)47/h3*1-26H. The molecule has 0 fully saturated rings. The van der Waals surface area contributed by atoms with Crippen LogP contribution in [0.4, 0.5) is 0 Å². The highest BCUT2D eigenvalue weighted by molar-refractivity contribution is 7.26. The van der Waals surface area contributed by atoms with E-state index in [9.17, 15) is 0 Å². The molecule has 15 aromatic heterocycles. The maximum atomic E-state index is 5.51. The van der Waals surface area contributed by atoms with E-state index >= 15 is 0 Å². The van der Waals surface area contributed by atoms with Gasteiger partial charge < -0.3 is 9.13 Å². The Hall–Kier alpha value is -18.5. The third kappa shape index (κ3) is 11.8. The van der Waals surface area contributed by atoms with Crippen LogP contribution in [0, 0.1) is 0 Å². The van der Waals surface area contributed by atoms with Crippen molar-refractivity contribution in [3.63, 3.8) is 0 Å². The molecule has 0 bridgehead atoms. The van der Waals surface area contributed by atoms with E-state index in [4.69, 9.17) is 15.0 Å². The van der Waals surface area contributed by atoms with E-state index in [0.29, 0.717) is 0 Å². The predicted octanol–water partition coefficient (Wildman–Crippen LogP) is 34.8. The molecule has 0 unspecified atom stereocenters. The molecule has 0 saturated carbocycles. The molecule has 12 nitrogen and oxygen atoms in total. The highest BCUT2D eigenvalue weighted by Crippen LogP contribution is 2.50. The fourth-order valence-electron chi connectivity index (χ4n) is 23.6. The van der Waals surface area contributed by atoms with Crippen molar-refractivity contribution in [2.75, 3.05) is 0 Å². The lowest BCUT2D eigenvalue weighted by molar-refractivity contribution is 1.03. The van der Waals surface area contributed by atoms with Crippen molar-refractivity contribution in [2.45, 2.75) is 0 Å². The summed E-state index contributed by atoms with van der Waals surface area (Å²) in [7, 11) is 0. The third-order valence-electron chi connectivity index (χ3n) is 29.6. The predicted molar refractivity (Wildman–Crippen MR) is 608 cm³/mol. The summed E-state index contributed by atoms with van der Waals surface area (Å²) in [4.78, 5) is 16.1. The van der Waals surface area contributed by atoms with Crippen LogP contribution < -0.4 is 0 Å². The number of hydrogen-bond acceptors (Lipinski definition) is 6. The number of thiophene rings is 3. The van der Waals surface area contributed by atoms with Gasteiger partial charge in [0, 0.05) is 157 Å². The van der Waals surface area contributed by atoms with Crippen molar-refractivity contribution in [2.24, 2.45) is 0 Å². The molecule has 0 aliphatic carbocycles. The van der Waals surface area contributed by atoms with Crippen molar-refractivity contribution in [1.29, 1.82) is 0 Å². The van der Waals surface area contributed by atoms with Crippen molar-refractivity contribution < 1.29 is 0 Å². The lowest BCUT2D eigenvalue weighted by Crippen LogP contribution is -2.03. The smallest absolute Gasteiger partial charge is 0.139 e. The zero-order chi connectivity index (χ0) is 94.0. The lowest BCUT2D eigenvalue weighted by Gasteiger charge is -2.13. The summed E-state index contributed by atoms with van der Waals surface area (Å²) < 4.78 is 28.7. The van der Waals surface area contributed by atoms with Crippen LogP contribution in [0.15, 0.2) is 473 Å². The molecule has 0 aliphatic heterocycles. The van der Waals surface area contributed by atoms with Crippen molar-refractivity contribution in [3.05, 3.63) is 473 Å². The number of hydrogen-bond donors (Lipinski definition) is 0. The summed E-state index contributed by atoms with van der Waals surface area (Å²) >= 11 is 5.42. The zero-order valence-corrected chi connectivity index (χ0v) is 79.6. The SMILES string of the molecule is c1ccc(-n2c3ccccc3c3c4ccccc4n(-c4cc5c(cn4)sc4ccc(-n6c7ccccc7c7ccccc76)cc45)c32)cc1.c1ccc(-n2c3ccccc3c3c4ccccc4n(-c4ccc5sc6ccc(-n7c8ccccc8c8ccccc87)cc6c5n4)c32)cc1.c1ccc(-n2c3ccccc3c3c4ccccc4n(-c4ccc5sc6ccc(-n7c8ccccc8c8ccccc87)nc6c5c4)c32)cc1. The minimum absolute atomic E-state index is 0.913. The number of rotatable bonds is 9. The van der Waals surface area contributed by atoms with Gasteiger partial charge in [-0.05, 0) is 194 Å². The van der Waals surface area contributed by atoms with Gasteiger partial charge in [0.1, 0.15) is 34.4 Å². The van der Waals surface area contributed by atoms with Gasteiger partial charge in [0.15, 0.2) is 0 Å². The summed E-state index contributed by atoms with van der Waals surface area (Å²) in [6, 6.07) is 168. The van der Waals surface area contributed by atoms with Crippen LogP contribution in [-0.2, 0) is 0 Å². The topological polar surface area (TPSA) is 83.0 Å². The number of aromatic nitrogens is 12. The Balaban J connectivity index is 0.0000000986. The second kappa shape index (κ2) is 31.5. The van der Waals surface area contributed by atoms with E-state index in [1.807, 2.05) is 0 Å². The molecule has 0 atom stereocenters. The minimum Gasteiger partial charge on any atom is -0.309 e. The van der Waals surface area contributed by atoms with Gasteiger partial charge in [-0.3, -0.25) is 32.0 Å². The number of para-hydroxylation sites is 15. The summed E-state index contributed by atoms with van der Waals surface area (Å²) in [6.07, 6.45) is 2.06.